The van der Waals surface area contributed by atoms with Crippen molar-refractivity contribution in [1.82, 2.24) is 15.5 Å². The third kappa shape index (κ3) is 17.7. The number of amides is 3. The Morgan fingerprint density at radius 2 is 1.61 bits per heavy atom. The smallest absolute Gasteiger partial charge is 0.407 e. The highest BCUT2D eigenvalue weighted by molar-refractivity contribution is 5.88. The van der Waals surface area contributed by atoms with Crippen molar-refractivity contribution in [3.05, 3.63) is 12.2 Å². The lowest BCUT2D eigenvalue weighted by molar-refractivity contribution is -0.156. The maximum Gasteiger partial charge on any atom is 0.407 e. The van der Waals surface area contributed by atoms with Gasteiger partial charge in [-0.05, 0) is 79.3 Å². The van der Waals surface area contributed by atoms with Gasteiger partial charge in [-0.15, -0.1) is 0 Å². The Morgan fingerprint density at radius 1 is 0.974 bits per heavy atom. The second-order valence-electron chi connectivity index (χ2n) is 10.00. The molecule has 2 atom stereocenters. The number of allylic oxidation sites excluding steroid dienone is 1. The van der Waals surface area contributed by atoms with Crippen molar-refractivity contribution in [3.63, 3.8) is 0 Å². The number of nitrogens with one attached hydrogen (secondary N) is 2. The van der Waals surface area contributed by atoms with Crippen LogP contribution in [0.15, 0.2) is 12.2 Å². The Labute approximate surface area is 227 Å². The van der Waals surface area contributed by atoms with Gasteiger partial charge in [-0.2, -0.15) is 0 Å². The molecule has 0 bridgehead atoms. The number of carbonyl (C=O) groups excluding carboxylic acids is 4. The van der Waals surface area contributed by atoms with Crippen LogP contribution < -0.4 is 27.8 Å². The van der Waals surface area contributed by atoms with E-state index in [0.717, 1.165) is 0 Å². The van der Waals surface area contributed by atoms with Gasteiger partial charge in [-0.1, -0.05) is 12.2 Å². The minimum absolute atomic E-state index is 0.0323. The molecule has 0 spiro atoms. The first-order chi connectivity index (χ1) is 17.9. The number of rotatable bonds is 19. The first-order valence-corrected chi connectivity index (χ1v) is 13.4. The van der Waals surface area contributed by atoms with Crippen molar-refractivity contribution in [2.45, 2.75) is 90.3 Å². The molecule has 0 aromatic rings. The second kappa shape index (κ2) is 20.3. The predicted octanol–water partition coefficient (Wildman–Crippen LogP) is 0.919. The fourth-order valence-electron chi connectivity index (χ4n) is 3.36. The summed E-state index contributed by atoms with van der Waals surface area (Å²) >= 11 is 0. The second-order valence-corrected chi connectivity index (χ2v) is 10.00. The molecule has 0 aliphatic rings. The Kier molecular flexibility index (Phi) is 18.8. The lowest BCUT2D eigenvalue weighted by Crippen LogP contribution is -2.50. The molecule has 8 N–H and O–H groups in total. The number of carbonyl (C=O) groups is 4. The van der Waals surface area contributed by atoms with Crippen LogP contribution in [-0.4, -0.2) is 85.8 Å². The fourth-order valence-corrected chi connectivity index (χ4v) is 3.36. The number of nitrogens with two attached hydrogens (primary N) is 3. The van der Waals surface area contributed by atoms with Gasteiger partial charge in [0.05, 0.1) is 0 Å². The first kappa shape index (κ1) is 35.3. The van der Waals surface area contributed by atoms with Crippen molar-refractivity contribution in [1.29, 1.82) is 0 Å². The van der Waals surface area contributed by atoms with Gasteiger partial charge < -0.3 is 42.2 Å². The Morgan fingerprint density at radius 3 is 2.16 bits per heavy atom. The lowest BCUT2D eigenvalue weighted by atomic mass is 10.1. The average Bonchev–Trinajstić information content (AvgIpc) is 2.85. The third-order valence-corrected chi connectivity index (χ3v) is 5.34. The van der Waals surface area contributed by atoms with E-state index in [2.05, 4.69) is 10.6 Å². The molecular formula is C26H50N6O6. The zero-order valence-corrected chi connectivity index (χ0v) is 23.6. The largest absolute Gasteiger partial charge is 0.459 e. The maximum absolute atomic E-state index is 13.3. The summed E-state index contributed by atoms with van der Waals surface area (Å²) in [5.41, 5.74) is 16.5. The molecule has 12 nitrogen and oxygen atoms in total. The summed E-state index contributed by atoms with van der Waals surface area (Å²) in [4.78, 5) is 51.5. The average molecular weight is 543 g/mol. The number of esters is 1. The zero-order valence-electron chi connectivity index (χ0n) is 23.6. The van der Waals surface area contributed by atoms with E-state index in [0.29, 0.717) is 64.8 Å². The van der Waals surface area contributed by atoms with Crippen LogP contribution in [0.5, 0.6) is 0 Å². The van der Waals surface area contributed by atoms with Gasteiger partial charge >= 0.3 is 12.1 Å². The normalized spacial score (nSPS) is 13.0. The summed E-state index contributed by atoms with van der Waals surface area (Å²) in [7, 11) is 0. The number of nitrogens with zero attached hydrogens (tertiary/aromatic N) is 1. The quantitative estimate of drug-likeness (QED) is 0.0896. The van der Waals surface area contributed by atoms with E-state index in [1.54, 1.807) is 37.8 Å². The van der Waals surface area contributed by atoms with Crippen LogP contribution >= 0.6 is 0 Å². The number of hydrogen-bond acceptors (Lipinski definition) is 9. The predicted molar refractivity (Wildman–Crippen MR) is 147 cm³/mol. The Balaban J connectivity index is 5.06. The van der Waals surface area contributed by atoms with Crippen LogP contribution in [0.2, 0.25) is 0 Å². The van der Waals surface area contributed by atoms with Crippen molar-refractivity contribution >= 4 is 23.9 Å². The molecule has 2 unspecified atom stereocenters. The number of alkyl carbamates (subject to hydrolysis) is 1. The van der Waals surface area contributed by atoms with Gasteiger partial charge in [0, 0.05) is 26.1 Å². The van der Waals surface area contributed by atoms with Crippen molar-refractivity contribution in [2.24, 2.45) is 17.2 Å². The molecule has 220 valence electrons. The molecule has 38 heavy (non-hydrogen) atoms. The van der Waals surface area contributed by atoms with E-state index in [1.807, 2.05) is 6.92 Å². The first-order valence-electron chi connectivity index (χ1n) is 13.4. The number of unbranched alkanes of at least 4 members (excludes halogenated alkanes) is 1. The summed E-state index contributed by atoms with van der Waals surface area (Å²) in [6.45, 7) is 9.42. The van der Waals surface area contributed by atoms with Gasteiger partial charge in [-0.3, -0.25) is 14.4 Å². The lowest BCUT2D eigenvalue weighted by Gasteiger charge is -2.28. The van der Waals surface area contributed by atoms with Crippen molar-refractivity contribution < 1.29 is 28.7 Å². The van der Waals surface area contributed by atoms with E-state index in [1.165, 1.54) is 0 Å². The molecule has 0 heterocycles. The molecule has 0 aromatic carbocycles. The van der Waals surface area contributed by atoms with E-state index >= 15 is 0 Å². The molecule has 0 fully saturated rings. The monoisotopic (exact) mass is 542 g/mol. The summed E-state index contributed by atoms with van der Waals surface area (Å²) in [6, 6.07) is -1.71. The van der Waals surface area contributed by atoms with Gasteiger partial charge in [0.1, 0.15) is 24.3 Å². The van der Waals surface area contributed by atoms with Crippen LogP contribution in [-0.2, 0) is 23.9 Å². The minimum Gasteiger partial charge on any atom is -0.459 e. The highest BCUT2D eigenvalue weighted by atomic mass is 16.6. The number of hydrogen-bond donors (Lipinski definition) is 5. The Bertz CT molecular complexity index is 732. The summed E-state index contributed by atoms with van der Waals surface area (Å²) in [5, 5.41) is 5.47. The molecule has 0 aliphatic heterocycles. The fraction of sp³-hybridized carbons (Fsp3) is 0.769. The SMILES string of the molecule is CC=CCOC(=O)NCCCCC(NC(=O)CCC(N)C(=O)OC(C)(C)C)C(=O)N(CCCN)CCCN. The highest BCUT2D eigenvalue weighted by Crippen LogP contribution is 2.11. The van der Waals surface area contributed by atoms with E-state index < -0.39 is 29.7 Å². The molecule has 12 heteroatoms. The van der Waals surface area contributed by atoms with Crippen molar-refractivity contribution in [2.75, 3.05) is 39.3 Å². The van der Waals surface area contributed by atoms with E-state index in [-0.39, 0.29) is 31.3 Å². The van der Waals surface area contributed by atoms with Crippen LogP contribution in [0.3, 0.4) is 0 Å². The summed E-state index contributed by atoms with van der Waals surface area (Å²) in [5.74, 6) is -1.18. The highest BCUT2D eigenvalue weighted by Gasteiger charge is 2.27. The van der Waals surface area contributed by atoms with Gasteiger partial charge in [0.15, 0.2) is 0 Å². The van der Waals surface area contributed by atoms with Crippen LogP contribution in [0.4, 0.5) is 4.79 Å². The molecule has 0 aromatic heterocycles. The molecule has 3 amide bonds. The van der Waals surface area contributed by atoms with Crippen LogP contribution in [0, 0.1) is 0 Å². The molecule has 0 radical (unpaired) electrons. The zero-order chi connectivity index (χ0) is 29.0. The molecule has 0 aliphatic carbocycles. The maximum atomic E-state index is 13.3. The van der Waals surface area contributed by atoms with Gasteiger partial charge in [-0.25, -0.2) is 4.79 Å². The summed E-state index contributed by atoms with van der Waals surface area (Å²) < 4.78 is 10.2. The molecule has 0 rings (SSSR count). The Hall–Kier alpha value is -2.70. The van der Waals surface area contributed by atoms with Gasteiger partial charge in [0.25, 0.3) is 0 Å². The van der Waals surface area contributed by atoms with Crippen LogP contribution in [0.1, 0.15) is 72.6 Å². The molecule has 0 saturated carbocycles. The summed E-state index contributed by atoms with van der Waals surface area (Å²) in [6.07, 6.45) is 5.84. The number of ether oxygens (including phenoxy) is 2. The van der Waals surface area contributed by atoms with E-state index in [9.17, 15) is 19.2 Å². The molecule has 0 saturated heterocycles. The van der Waals surface area contributed by atoms with Crippen LogP contribution in [0.25, 0.3) is 0 Å². The standard InChI is InChI=1S/C26H50N6O6/c1-5-6-19-37-25(36)30-16-8-7-11-21(23(34)32(17-9-14-27)18-10-15-28)31-22(33)13-12-20(29)24(35)38-26(2,3)4/h5-6,20-21H,7-19,27-29H2,1-4H3,(H,30,36)(H,31,33). The van der Waals surface area contributed by atoms with Crippen molar-refractivity contribution in [3.8, 4) is 0 Å². The molecular weight excluding hydrogens is 492 g/mol. The topological polar surface area (TPSA) is 192 Å². The third-order valence-electron chi connectivity index (χ3n) is 5.34. The minimum atomic E-state index is -0.946. The van der Waals surface area contributed by atoms with E-state index in [4.69, 9.17) is 26.7 Å². The van der Waals surface area contributed by atoms with Gasteiger partial charge in [0.2, 0.25) is 11.8 Å².